The molecule has 2 aromatic rings. The van der Waals surface area contributed by atoms with E-state index in [0.717, 1.165) is 25.8 Å². The van der Waals surface area contributed by atoms with Crippen LogP contribution < -0.4 is 15.4 Å². The summed E-state index contributed by atoms with van der Waals surface area (Å²) in [5.74, 6) is 0.519. The van der Waals surface area contributed by atoms with E-state index in [-0.39, 0.29) is 17.8 Å². The Balaban J connectivity index is 1.58. The number of ether oxygens (including phenoxy) is 1. The highest BCUT2D eigenvalue weighted by Crippen LogP contribution is 2.21. The van der Waals surface area contributed by atoms with Gasteiger partial charge in [-0.15, -0.1) is 0 Å². The number of nitrogens with zero attached hydrogens (tertiary/aromatic N) is 1. The van der Waals surface area contributed by atoms with Crippen molar-refractivity contribution in [1.29, 1.82) is 0 Å². The molecule has 120 valence electrons. The van der Waals surface area contributed by atoms with Gasteiger partial charge in [-0.05, 0) is 49.7 Å². The van der Waals surface area contributed by atoms with Gasteiger partial charge in [-0.25, -0.2) is 9.37 Å². The molecule has 1 atom stereocenters. The fourth-order valence-corrected chi connectivity index (χ4v) is 2.44. The van der Waals surface area contributed by atoms with Crippen molar-refractivity contribution in [3.8, 4) is 11.6 Å². The Labute approximate surface area is 133 Å². The molecule has 5 nitrogen and oxygen atoms in total. The Morgan fingerprint density at radius 3 is 2.70 bits per heavy atom. The van der Waals surface area contributed by atoms with Gasteiger partial charge < -0.3 is 15.4 Å². The number of nitrogens with one attached hydrogen (secondary N) is 2. The van der Waals surface area contributed by atoms with E-state index >= 15 is 0 Å². The number of amides is 1. The van der Waals surface area contributed by atoms with Crippen LogP contribution in [0.15, 0.2) is 42.6 Å². The molecule has 0 radical (unpaired) electrons. The summed E-state index contributed by atoms with van der Waals surface area (Å²) in [7, 11) is 0. The van der Waals surface area contributed by atoms with E-state index in [1.165, 1.54) is 24.3 Å². The zero-order chi connectivity index (χ0) is 16.1. The molecular weight excluding hydrogens is 297 g/mol. The highest BCUT2D eigenvalue weighted by Gasteiger charge is 2.20. The molecule has 0 bridgehead atoms. The van der Waals surface area contributed by atoms with Crippen molar-refractivity contribution in [3.05, 3.63) is 48.4 Å². The van der Waals surface area contributed by atoms with E-state index < -0.39 is 0 Å². The molecule has 6 heteroatoms. The molecule has 0 spiro atoms. The van der Waals surface area contributed by atoms with Gasteiger partial charge in [-0.2, -0.15) is 0 Å². The summed E-state index contributed by atoms with van der Waals surface area (Å²) in [5.41, 5.74) is 0.619. The van der Waals surface area contributed by atoms with Crippen molar-refractivity contribution < 1.29 is 13.9 Å². The number of anilines is 1. The van der Waals surface area contributed by atoms with Gasteiger partial charge in [0, 0.05) is 6.07 Å². The van der Waals surface area contributed by atoms with Crippen LogP contribution in [0.3, 0.4) is 0 Å². The summed E-state index contributed by atoms with van der Waals surface area (Å²) in [6.45, 7) is 0.876. The Hall–Kier alpha value is -2.47. The lowest BCUT2D eigenvalue weighted by Crippen LogP contribution is -2.43. The molecule has 1 aliphatic rings. The van der Waals surface area contributed by atoms with E-state index in [0.29, 0.717) is 17.3 Å². The van der Waals surface area contributed by atoms with Gasteiger partial charge in [0.25, 0.3) is 0 Å². The standard InChI is InChI=1S/C17H18FN3O2/c18-12-4-7-14(8-5-12)23-16-9-6-13(11-20-16)21-17(22)15-3-1-2-10-19-15/h4-9,11,15,19H,1-3,10H2,(H,21,22)/t15-/m1/s1. The van der Waals surface area contributed by atoms with Crippen LogP contribution in [0.4, 0.5) is 10.1 Å². The molecule has 1 aromatic heterocycles. The number of carbonyl (C=O) groups excluding carboxylic acids is 1. The maximum Gasteiger partial charge on any atom is 0.241 e. The Kier molecular flexibility index (Phi) is 4.83. The molecule has 1 aliphatic heterocycles. The number of carbonyl (C=O) groups is 1. The van der Waals surface area contributed by atoms with Gasteiger partial charge in [0.15, 0.2) is 0 Å². The molecule has 1 fully saturated rings. The first-order valence-corrected chi connectivity index (χ1v) is 7.64. The third-order valence-electron chi connectivity index (χ3n) is 3.67. The second kappa shape index (κ2) is 7.19. The second-order valence-corrected chi connectivity index (χ2v) is 5.43. The molecule has 0 unspecified atom stereocenters. The largest absolute Gasteiger partial charge is 0.439 e. The summed E-state index contributed by atoms with van der Waals surface area (Å²) in [6.07, 6.45) is 4.57. The summed E-state index contributed by atoms with van der Waals surface area (Å²) >= 11 is 0. The van der Waals surface area contributed by atoms with Gasteiger partial charge in [-0.1, -0.05) is 6.42 Å². The topological polar surface area (TPSA) is 63.2 Å². The molecule has 23 heavy (non-hydrogen) atoms. The first-order valence-electron chi connectivity index (χ1n) is 7.64. The fraction of sp³-hybridized carbons (Fsp3) is 0.294. The number of piperidine rings is 1. The SMILES string of the molecule is O=C(Nc1ccc(Oc2ccc(F)cc2)nc1)[C@H]1CCCCN1. The summed E-state index contributed by atoms with van der Waals surface area (Å²) < 4.78 is 18.3. The minimum Gasteiger partial charge on any atom is -0.439 e. The average Bonchev–Trinajstić information content (AvgIpc) is 2.59. The van der Waals surface area contributed by atoms with Gasteiger partial charge in [-0.3, -0.25) is 4.79 Å². The van der Waals surface area contributed by atoms with Crippen LogP contribution in [0.2, 0.25) is 0 Å². The smallest absolute Gasteiger partial charge is 0.241 e. The van der Waals surface area contributed by atoms with Gasteiger partial charge in [0.05, 0.1) is 17.9 Å². The van der Waals surface area contributed by atoms with Crippen LogP contribution >= 0.6 is 0 Å². The zero-order valence-electron chi connectivity index (χ0n) is 12.6. The lowest BCUT2D eigenvalue weighted by molar-refractivity contribution is -0.118. The van der Waals surface area contributed by atoms with Crippen LogP contribution in [-0.4, -0.2) is 23.5 Å². The monoisotopic (exact) mass is 315 g/mol. The summed E-state index contributed by atoms with van der Waals surface area (Å²) in [6, 6.07) is 8.95. The molecule has 3 rings (SSSR count). The Bertz CT molecular complexity index is 653. The van der Waals surface area contributed by atoms with E-state index in [1.807, 2.05) is 0 Å². The normalized spacial score (nSPS) is 17.5. The lowest BCUT2D eigenvalue weighted by Gasteiger charge is -2.22. The average molecular weight is 315 g/mol. The summed E-state index contributed by atoms with van der Waals surface area (Å²) in [5, 5.41) is 6.04. The molecule has 0 saturated carbocycles. The molecule has 2 N–H and O–H groups in total. The van der Waals surface area contributed by atoms with Crippen LogP contribution in [0.5, 0.6) is 11.6 Å². The van der Waals surface area contributed by atoms with Crippen molar-refractivity contribution in [2.24, 2.45) is 0 Å². The number of halogens is 1. The predicted octanol–water partition coefficient (Wildman–Crippen LogP) is 3.09. The highest BCUT2D eigenvalue weighted by molar-refractivity contribution is 5.94. The van der Waals surface area contributed by atoms with Gasteiger partial charge in [0.2, 0.25) is 11.8 Å². The predicted molar refractivity (Wildman–Crippen MR) is 85.0 cm³/mol. The number of hydrogen-bond acceptors (Lipinski definition) is 4. The van der Waals surface area contributed by atoms with Crippen LogP contribution in [0.1, 0.15) is 19.3 Å². The molecule has 1 amide bonds. The van der Waals surface area contributed by atoms with Crippen LogP contribution in [-0.2, 0) is 4.79 Å². The number of aromatic nitrogens is 1. The van der Waals surface area contributed by atoms with E-state index in [9.17, 15) is 9.18 Å². The first-order chi connectivity index (χ1) is 11.2. The Morgan fingerprint density at radius 2 is 2.04 bits per heavy atom. The van der Waals surface area contributed by atoms with Crippen molar-refractivity contribution in [1.82, 2.24) is 10.3 Å². The molecule has 1 saturated heterocycles. The van der Waals surface area contributed by atoms with Crippen molar-refractivity contribution >= 4 is 11.6 Å². The van der Waals surface area contributed by atoms with Gasteiger partial charge in [0.1, 0.15) is 11.6 Å². The second-order valence-electron chi connectivity index (χ2n) is 5.43. The number of pyridine rings is 1. The third kappa shape index (κ3) is 4.26. The quantitative estimate of drug-likeness (QED) is 0.910. The third-order valence-corrected chi connectivity index (χ3v) is 3.67. The Morgan fingerprint density at radius 1 is 1.22 bits per heavy atom. The summed E-state index contributed by atoms with van der Waals surface area (Å²) in [4.78, 5) is 16.3. The van der Waals surface area contributed by atoms with Gasteiger partial charge >= 0.3 is 0 Å². The molecule has 2 heterocycles. The van der Waals surface area contributed by atoms with E-state index in [4.69, 9.17) is 4.74 Å². The minimum atomic E-state index is -0.320. The number of benzene rings is 1. The van der Waals surface area contributed by atoms with Crippen molar-refractivity contribution in [2.45, 2.75) is 25.3 Å². The molecular formula is C17H18FN3O2. The minimum absolute atomic E-state index is 0.0429. The maximum atomic E-state index is 12.8. The molecule has 0 aliphatic carbocycles. The molecule has 1 aromatic carbocycles. The zero-order valence-corrected chi connectivity index (χ0v) is 12.6. The van der Waals surface area contributed by atoms with E-state index in [1.54, 1.807) is 18.3 Å². The number of hydrogen-bond donors (Lipinski definition) is 2. The van der Waals surface area contributed by atoms with Crippen molar-refractivity contribution in [2.75, 3.05) is 11.9 Å². The highest BCUT2D eigenvalue weighted by atomic mass is 19.1. The van der Waals surface area contributed by atoms with Crippen molar-refractivity contribution in [3.63, 3.8) is 0 Å². The van der Waals surface area contributed by atoms with Crippen LogP contribution in [0.25, 0.3) is 0 Å². The number of rotatable bonds is 4. The maximum absolute atomic E-state index is 12.8. The lowest BCUT2D eigenvalue weighted by atomic mass is 10.0. The van der Waals surface area contributed by atoms with E-state index in [2.05, 4.69) is 15.6 Å². The van der Waals surface area contributed by atoms with Crippen LogP contribution in [0, 0.1) is 5.82 Å². The first kappa shape index (κ1) is 15.4. The fourth-order valence-electron chi connectivity index (χ4n) is 2.44.